The summed E-state index contributed by atoms with van der Waals surface area (Å²) in [4.78, 5) is 0. The summed E-state index contributed by atoms with van der Waals surface area (Å²) in [5.74, 6) is 0.568. The molecule has 0 saturated carbocycles. The minimum absolute atomic E-state index is 0.568. The first-order chi connectivity index (χ1) is 7.74. The number of alkyl halides is 1. The van der Waals surface area contributed by atoms with E-state index >= 15 is 0 Å². The van der Waals surface area contributed by atoms with Crippen LogP contribution in [0.4, 0.5) is 0 Å². The van der Waals surface area contributed by atoms with Crippen molar-refractivity contribution in [3.05, 3.63) is 58.7 Å². The Labute approximate surface area is 104 Å². The lowest BCUT2D eigenvalue weighted by Crippen LogP contribution is -1.83. The van der Waals surface area contributed by atoms with Crippen LogP contribution in [0.1, 0.15) is 27.2 Å². The van der Waals surface area contributed by atoms with Crippen molar-refractivity contribution in [3.63, 3.8) is 0 Å². The Morgan fingerprint density at radius 3 is 2.62 bits per heavy atom. The molecule has 1 aliphatic carbocycles. The van der Waals surface area contributed by atoms with Crippen molar-refractivity contribution >= 4 is 11.6 Å². The highest BCUT2D eigenvalue weighted by Gasteiger charge is 2.18. The third-order valence-corrected chi connectivity index (χ3v) is 2.91. The summed E-state index contributed by atoms with van der Waals surface area (Å²) in [6.07, 6.45) is 13.7. The molecule has 86 valence electrons. The lowest BCUT2D eigenvalue weighted by atomic mass is 10.0. The van der Waals surface area contributed by atoms with Crippen molar-refractivity contribution in [2.75, 3.05) is 5.88 Å². The van der Waals surface area contributed by atoms with Gasteiger partial charge in [0.05, 0.1) is 0 Å². The second kappa shape index (κ2) is 6.55. The highest BCUT2D eigenvalue weighted by atomic mass is 35.5. The van der Waals surface area contributed by atoms with Crippen LogP contribution in [0.15, 0.2) is 58.7 Å². The monoisotopic (exact) mass is 234 g/mol. The van der Waals surface area contributed by atoms with Gasteiger partial charge < -0.3 is 0 Å². The molecule has 16 heavy (non-hydrogen) atoms. The topological polar surface area (TPSA) is 0 Å². The van der Waals surface area contributed by atoms with Gasteiger partial charge in [0.15, 0.2) is 0 Å². The SMILES string of the molecule is C/C=C1/CC(C)=C(/C=C\CCl)/C1=C/C=C/C. The second-order valence-electron chi connectivity index (χ2n) is 3.85. The molecule has 0 bridgehead atoms. The fourth-order valence-corrected chi connectivity index (χ4v) is 2.01. The quantitative estimate of drug-likeness (QED) is 0.606. The predicted octanol–water partition coefficient (Wildman–Crippen LogP) is 4.95. The Hall–Kier alpha value is -1.01. The van der Waals surface area contributed by atoms with Crippen LogP contribution in [0.5, 0.6) is 0 Å². The van der Waals surface area contributed by atoms with Crippen LogP contribution >= 0.6 is 11.6 Å². The van der Waals surface area contributed by atoms with Crippen molar-refractivity contribution in [2.45, 2.75) is 27.2 Å². The first kappa shape index (κ1) is 13.1. The summed E-state index contributed by atoms with van der Waals surface area (Å²) < 4.78 is 0. The Kier molecular flexibility index (Phi) is 5.34. The van der Waals surface area contributed by atoms with Crippen LogP contribution in [0.25, 0.3) is 0 Å². The molecule has 0 aromatic carbocycles. The number of hydrogen-bond donors (Lipinski definition) is 0. The third-order valence-electron chi connectivity index (χ3n) is 2.73. The Morgan fingerprint density at radius 2 is 2.06 bits per heavy atom. The molecular weight excluding hydrogens is 216 g/mol. The van der Waals surface area contributed by atoms with Gasteiger partial charge in [-0.25, -0.2) is 0 Å². The van der Waals surface area contributed by atoms with Crippen LogP contribution < -0.4 is 0 Å². The fraction of sp³-hybridized carbons (Fsp3) is 0.333. The second-order valence-corrected chi connectivity index (χ2v) is 4.16. The Bertz CT molecular complexity index is 390. The number of allylic oxidation sites excluding steroid dienone is 10. The molecule has 0 unspecified atom stereocenters. The van der Waals surface area contributed by atoms with E-state index in [1.807, 2.05) is 13.0 Å². The number of hydrogen-bond acceptors (Lipinski definition) is 0. The van der Waals surface area contributed by atoms with Gasteiger partial charge in [-0.3, -0.25) is 0 Å². The summed E-state index contributed by atoms with van der Waals surface area (Å²) in [6, 6.07) is 0. The highest BCUT2D eigenvalue weighted by molar-refractivity contribution is 6.18. The molecule has 0 radical (unpaired) electrons. The highest BCUT2D eigenvalue weighted by Crippen LogP contribution is 2.36. The van der Waals surface area contributed by atoms with Gasteiger partial charge >= 0.3 is 0 Å². The molecule has 1 aliphatic rings. The van der Waals surface area contributed by atoms with E-state index in [9.17, 15) is 0 Å². The molecule has 1 rings (SSSR count). The first-order valence-corrected chi connectivity index (χ1v) is 6.19. The van der Waals surface area contributed by atoms with Crippen molar-refractivity contribution < 1.29 is 0 Å². The van der Waals surface area contributed by atoms with Crippen LogP contribution in [-0.4, -0.2) is 5.88 Å². The van der Waals surface area contributed by atoms with E-state index in [4.69, 9.17) is 11.6 Å². The Balaban J connectivity index is 3.11. The van der Waals surface area contributed by atoms with E-state index in [2.05, 4.69) is 44.2 Å². The van der Waals surface area contributed by atoms with E-state index in [1.165, 1.54) is 22.3 Å². The summed E-state index contributed by atoms with van der Waals surface area (Å²) >= 11 is 5.69. The molecule has 0 atom stereocenters. The van der Waals surface area contributed by atoms with Gasteiger partial charge in [0.1, 0.15) is 0 Å². The van der Waals surface area contributed by atoms with Gasteiger partial charge in [-0.15, -0.1) is 11.6 Å². The average Bonchev–Trinajstić information content (AvgIpc) is 2.60. The molecule has 0 saturated heterocycles. The summed E-state index contributed by atoms with van der Waals surface area (Å²) in [6.45, 7) is 6.32. The Morgan fingerprint density at radius 1 is 1.31 bits per heavy atom. The van der Waals surface area contributed by atoms with Gasteiger partial charge in [0.25, 0.3) is 0 Å². The van der Waals surface area contributed by atoms with Crippen molar-refractivity contribution in [3.8, 4) is 0 Å². The molecule has 0 fully saturated rings. The van der Waals surface area contributed by atoms with Gasteiger partial charge in [-0.05, 0) is 43.9 Å². The zero-order valence-electron chi connectivity index (χ0n) is 10.3. The van der Waals surface area contributed by atoms with Crippen LogP contribution in [-0.2, 0) is 0 Å². The summed E-state index contributed by atoms with van der Waals surface area (Å²) in [7, 11) is 0. The summed E-state index contributed by atoms with van der Waals surface area (Å²) in [5.41, 5.74) is 5.49. The van der Waals surface area contributed by atoms with E-state index in [0.29, 0.717) is 5.88 Å². The first-order valence-electron chi connectivity index (χ1n) is 5.65. The molecular formula is C15H19Cl. The van der Waals surface area contributed by atoms with Gasteiger partial charge in [-0.1, -0.05) is 42.0 Å². The zero-order chi connectivity index (χ0) is 12.0. The van der Waals surface area contributed by atoms with Gasteiger partial charge in [0, 0.05) is 5.88 Å². The van der Waals surface area contributed by atoms with E-state index in [0.717, 1.165) is 6.42 Å². The normalized spacial score (nSPS) is 22.5. The maximum absolute atomic E-state index is 5.69. The van der Waals surface area contributed by atoms with Crippen LogP contribution in [0.3, 0.4) is 0 Å². The minimum atomic E-state index is 0.568. The van der Waals surface area contributed by atoms with Crippen LogP contribution in [0.2, 0.25) is 0 Å². The number of rotatable bonds is 3. The van der Waals surface area contributed by atoms with E-state index in [-0.39, 0.29) is 0 Å². The third kappa shape index (κ3) is 2.99. The van der Waals surface area contributed by atoms with Crippen molar-refractivity contribution in [1.82, 2.24) is 0 Å². The van der Waals surface area contributed by atoms with Gasteiger partial charge in [0.2, 0.25) is 0 Å². The molecule has 1 heteroatoms. The standard InChI is InChI=1S/C15H19Cl/c1-4-6-8-15-13(5-2)11-12(3)14(15)9-7-10-16/h4-9H,10-11H2,1-3H3/b6-4+,9-7-,13-5-,15-8+. The smallest absolute Gasteiger partial charge is 0.0407 e. The van der Waals surface area contributed by atoms with Crippen LogP contribution in [0, 0.1) is 0 Å². The van der Waals surface area contributed by atoms with E-state index < -0.39 is 0 Å². The molecule has 0 nitrogen and oxygen atoms in total. The average molecular weight is 235 g/mol. The van der Waals surface area contributed by atoms with Gasteiger partial charge in [-0.2, -0.15) is 0 Å². The fourth-order valence-electron chi connectivity index (χ4n) is 1.92. The largest absolute Gasteiger partial charge is 0.122 e. The summed E-state index contributed by atoms with van der Waals surface area (Å²) in [5, 5.41) is 0. The number of halogens is 1. The van der Waals surface area contributed by atoms with Crippen molar-refractivity contribution in [1.29, 1.82) is 0 Å². The molecule has 0 aromatic heterocycles. The maximum Gasteiger partial charge on any atom is 0.0407 e. The molecule has 0 heterocycles. The molecule has 0 spiro atoms. The minimum Gasteiger partial charge on any atom is -0.122 e. The van der Waals surface area contributed by atoms with Crippen molar-refractivity contribution in [2.24, 2.45) is 0 Å². The molecule has 0 N–H and O–H groups in total. The molecule has 0 amide bonds. The zero-order valence-corrected chi connectivity index (χ0v) is 11.0. The molecule has 0 aromatic rings. The predicted molar refractivity (Wildman–Crippen MR) is 73.8 cm³/mol. The van der Waals surface area contributed by atoms with E-state index in [1.54, 1.807) is 0 Å². The lowest BCUT2D eigenvalue weighted by molar-refractivity contribution is 1.19. The lowest BCUT2D eigenvalue weighted by Gasteiger charge is -2.02. The molecule has 0 aliphatic heterocycles. The maximum atomic E-state index is 5.69.